The molecule has 0 saturated heterocycles. The van der Waals surface area contributed by atoms with Crippen LogP contribution in [0.2, 0.25) is 0 Å². The van der Waals surface area contributed by atoms with Crippen molar-refractivity contribution >= 4 is 28.4 Å². The third-order valence-electron chi connectivity index (χ3n) is 4.63. The molecule has 2 aromatic heterocycles. The van der Waals surface area contributed by atoms with Crippen LogP contribution in [-0.2, 0) is 20.5 Å². The van der Waals surface area contributed by atoms with Crippen LogP contribution in [0.5, 0.6) is 5.75 Å². The lowest BCUT2D eigenvalue weighted by Gasteiger charge is -2.16. The van der Waals surface area contributed by atoms with Crippen molar-refractivity contribution < 1.29 is 9.53 Å². The lowest BCUT2D eigenvalue weighted by atomic mass is 10.0. The van der Waals surface area contributed by atoms with E-state index in [2.05, 4.69) is 10.3 Å². The molecule has 0 unspecified atom stereocenters. The minimum absolute atomic E-state index is 0.0481. The number of fused-ring (bicyclic) bond motifs is 1. The maximum absolute atomic E-state index is 13.0. The molecule has 0 atom stereocenters. The fourth-order valence-electron chi connectivity index (χ4n) is 3.18. The molecular weight excluding hydrogens is 362 g/mol. The summed E-state index contributed by atoms with van der Waals surface area (Å²) >= 11 is 0. The number of anilines is 2. The zero-order valence-corrected chi connectivity index (χ0v) is 16.1. The molecule has 9 heteroatoms. The number of pyridine rings is 1. The molecule has 28 heavy (non-hydrogen) atoms. The second kappa shape index (κ2) is 7.18. The maximum atomic E-state index is 13.0. The van der Waals surface area contributed by atoms with Gasteiger partial charge < -0.3 is 15.8 Å². The van der Waals surface area contributed by atoms with Crippen molar-refractivity contribution in [3.8, 4) is 5.75 Å². The molecule has 146 valence electrons. The van der Waals surface area contributed by atoms with Crippen molar-refractivity contribution in [2.75, 3.05) is 18.2 Å². The summed E-state index contributed by atoms with van der Waals surface area (Å²) in [5.74, 6) is 0.0444. The van der Waals surface area contributed by atoms with Gasteiger partial charge in [-0.25, -0.2) is 9.78 Å². The number of hydrogen-bond donors (Lipinski definition) is 2. The number of carbonyl (C=O) groups is 1. The van der Waals surface area contributed by atoms with Crippen molar-refractivity contribution in [1.82, 2.24) is 14.1 Å². The molecular formula is C19H21N5O4. The smallest absolute Gasteiger partial charge is 0.332 e. The normalized spacial score (nSPS) is 10.9. The standard InChI is InChI=1S/C19H21N5O4/c1-5-12-13(17(25)21-10-7-6-8-11(9-10)28-4)15(20)22-16-14(12)18(26)24(3)19(27)23(16)2/h6-9H,5H2,1-4H3,(H2,20,22)(H,21,25). The van der Waals surface area contributed by atoms with E-state index in [1.54, 1.807) is 31.2 Å². The van der Waals surface area contributed by atoms with Crippen LogP contribution in [-0.4, -0.2) is 27.1 Å². The lowest BCUT2D eigenvalue weighted by molar-refractivity contribution is 0.102. The number of nitrogens with one attached hydrogen (secondary N) is 1. The number of nitrogens with zero attached hydrogens (tertiary/aromatic N) is 3. The minimum Gasteiger partial charge on any atom is -0.497 e. The second-order valence-electron chi connectivity index (χ2n) is 6.29. The van der Waals surface area contributed by atoms with Crippen LogP contribution >= 0.6 is 0 Å². The van der Waals surface area contributed by atoms with E-state index >= 15 is 0 Å². The highest BCUT2D eigenvalue weighted by Gasteiger charge is 2.23. The first kappa shape index (κ1) is 19.2. The Morgan fingerprint density at radius 1 is 1.25 bits per heavy atom. The molecule has 0 spiro atoms. The third-order valence-corrected chi connectivity index (χ3v) is 4.63. The summed E-state index contributed by atoms with van der Waals surface area (Å²) < 4.78 is 7.39. The Labute approximate surface area is 160 Å². The number of methoxy groups -OCH3 is 1. The van der Waals surface area contributed by atoms with Crippen LogP contribution in [0.4, 0.5) is 11.5 Å². The zero-order valence-electron chi connectivity index (χ0n) is 16.1. The molecule has 1 amide bonds. The van der Waals surface area contributed by atoms with E-state index in [9.17, 15) is 14.4 Å². The van der Waals surface area contributed by atoms with E-state index in [1.807, 2.05) is 0 Å². The lowest BCUT2D eigenvalue weighted by Crippen LogP contribution is -2.38. The fraction of sp³-hybridized carbons (Fsp3) is 0.263. The van der Waals surface area contributed by atoms with Crippen LogP contribution in [0.25, 0.3) is 11.0 Å². The molecule has 0 fully saturated rings. The van der Waals surface area contributed by atoms with Crippen LogP contribution in [0.15, 0.2) is 33.9 Å². The van der Waals surface area contributed by atoms with Gasteiger partial charge in [0.2, 0.25) is 0 Å². The quantitative estimate of drug-likeness (QED) is 0.694. The highest BCUT2D eigenvalue weighted by Crippen LogP contribution is 2.25. The Hall–Kier alpha value is -3.62. The number of aromatic nitrogens is 3. The molecule has 2 heterocycles. The average Bonchev–Trinajstić information content (AvgIpc) is 2.69. The Morgan fingerprint density at radius 3 is 2.61 bits per heavy atom. The Balaban J connectivity index is 2.23. The van der Waals surface area contributed by atoms with Gasteiger partial charge in [0.15, 0.2) is 5.65 Å². The molecule has 0 bridgehead atoms. The van der Waals surface area contributed by atoms with Gasteiger partial charge in [0, 0.05) is 25.8 Å². The molecule has 3 N–H and O–H groups in total. The van der Waals surface area contributed by atoms with Crippen LogP contribution < -0.4 is 27.0 Å². The van der Waals surface area contributed by atoms with Gasteiger partial charge in [-0.05, 0) is 24.1 Å². The van der Waals surface area contributed by atoms with E-state index in [-0.39, 0.29) is 22.4 Å². The third kappa shape index (κ3) is 3.00. The monoisotopic (exact) mass is 383 g/mol. The summed E-state index contributed by atoms with van der Waals surface area (Å²) in [5.41, 5.74) is 6.26. The number of benzene rings is 1. The predicted octanol–water partition coefficient (Wildman–Crippen LogP) is 1.04. The topological polar surface area (TPSA) is 121 Å². The Bertz CT molecular complexity index is 1210. The van der Waals surface area contributed by atoms with Crippen molar-refractivity contribution in [3.63, 3.8) is 0 Å². The van der Waals surface area contributed by atoms with E-state index in [1.165, 1.54) is 25.8 Å². The molecule has 1 aromatic carbocycles. The minimum atomic E-state index is -0.516. The average molecular weight is 383 g/mol. The number of nitrogens with two attached hydrogens (primary N) is 1. The first-order valence-electron chi connectivity index (χ1n) is 8.63. The first-order chi connectivity index (χ1) is 13.3. The number of ether oxygens (including phenoxy) is 1. The van der Waals surface area contributed by atoms with Crippen LogP contribution in [0.1, 0.15) is 22.8 Å². The maximum Gasteiger partial charge on any atom is 0.332 e. The van der Waals surface area contributed by atoms with E-state index in [0.29, 0.717) is 23.4 Å². The Morgan fingerprint density at radius 2 is 1.96 bits per heavy atom. The molecule has 0 aliphatic heterocycles. The van der Waals surface area contributed by atoms with Gasteiger partial charge in [0.1, 0.15) is 11.6 Å². The predicted molar refractivity (Wildman–Crippen MR) is 107 cm³/mol. The summed E-state index contributed by atoms with van der Waals surface area (Å²) in [4.78, 5) is 42.1. The van der Waals surface area contributed by atoms with Crippen molar-refractivity contribution in [3.05, 3.63) is 56.2 Å². The molecule has 3 aromatic rings. The summed E-state index contributed by atoms with van der Waals surface area (Å²) in [6, 6.07) is 6.86. The molecule has 0 radical (unpaired) electrons. The zero-order chi connectivity index (χ0) is 20.6. The van der Waals surface area contributed by atoms with Gasteiger partial charge in [0.25, 0.3) is 11.5 Å². The number of carbonyl (C=O) groups excluding carboxylic acids is 1. The summed E-state index contributed by atoms with van der Waals surface area (Å²) in [6.07, 6.45) is 0.359. The van der Waals surface area contributed by atoms with Gasteiger partial charge in [-0.2, -0.15) is 0 Å². The van der Waals surface area contributed by atoms with Gasteiger partial charge in [-0.15, -0.1) is 0 Å². The van der Waals surface area contributed by atoms with Crippen LogP contribution in [0, 0.1) is 0 Å². The van der Waals surface area contributed by atoms with E-state index in [4.69, 9.17) is 10.5 Å². The molecule has 9 nitrogen and oxygen atoms in total. The van der Waals surface area contributed by atoms with Crippen molar-refractivity contribution in [2.24, 2.45) is 14.1 Å². The summed E-state index contributed by atoms with van der Waals surface area (Å²) in [5, 5.41) is 2.96. The van der Waals surface area contributed by atoms with Gasteiger partial charge in [0.05, 0.1) is 18.1 Å². The first-order valence-corrected chi connectivity index (χ1v) is 8.63. The van der Waals surface area contributed by atoms with Crippen molar-refractivity contribution in [2.45, 2.75) is 13.3 Å². The SMILES string of the molecule is CCc1c(C(=O)Nc2cccc(OC)c2)c(N)nc2c1c(=O)n(C)c(=O)n2C. The highest BCUT2D eigenvalue weighted by atomic mass is 16.5. The molecule has 0 saturated carbocycles. The number of aryl methyl sites for hydroxylation is 2. The summed E-state index contributed by atoms with van der Waals surface area (Å²) in [7, 11) is 4.42. The van der Waals surface area contributed by atoms with Gasteiger partial charge in [-0.3, -0.25) is 18.7 Å². The number of rotatable bonds is 4. The fourth-order valence-corrected chi connectivity index (χ4v) is 3.18. The molecule has 0 aliphatic carbocycles. The van der Waals surface area contributed by atoms with E-state index in [0.717, 1.165) is 4.57 Å². The highest BCUT2D eigenvalue weighted by molar-refractivity contribution is 6.10. The number of hydrogen-bond acceptors (Lipinski definition) is 6. The summed E-state index contributed by atoms with van der Waals surface area (Å²) in [6.45, 7) is 1.81. The van der Waals surface area contributed by atoms with Gasteiger partial charge >= 0.3 is 5.69 Å². The number of nitrogen functional groups attached to an aromatic ring is 1. The van der Waals surface area contributed by atoms with Gasteiger partial charge in [-0.1, -0.05) is 13.0 Å². The van der Waals surface area contributed by atoms with E-state index < -0.39 is 17.2 Å². The van der Waals surface area contributed by atoms with Crippen LogP contribution in [0.3, 0.4) is 0 Å². The Kier molecular flexibility index (Phi) is 4.91. The van der Waals surface area contributed by atoms with Crippen molar-refractivity contribution in [1.29, 1.82) is 0 Å². The number of amides is 1. The largest absolute Gasteiger partial charge is 0.497 e. The molecule has 0 aliphatic rings. The molecule has 3 rings (SSSR count). The second-order valence-corrected chi connectivity index (χ2v) is 6.29.